The Hall–Kier alpha value is -2.22. The van der Waals surface area contributed by atoms with Crippen LogP contribution in [-0.2, 0) is 4.79 Å². The van der Waals surface area contributed by atoms with Crippen molar-refractivity contribution >= 4 is 17.7 Å². The number of carboxylic acid groups (broad SMARTS) is 1. The Kier molecular flexibility index (Phi) is 3.46. The molecule has 1 aromatic carbocycles. The Balaban J connectivity index is 2.05. The van der Waals surface area contributed by atoms with E-state index in [1.165, 1.54) is 18.2 Å². The van der Waals surface area contributed by atoms with E-state index in [1.807, 2.05) is 0 Å². The third kappa shape index (κ3) is 2.66. The highest BCUT2D eigenvalue weighted by molar-refractivity contribution is 7.99. The SMILES string of the molecule is O=C(O)CSc1nnc(-c2c(O)cccc2O)n1C1CC1. The molecule has 110 valence electrons. The van der Waals surface area contributed by atoms with Crippen LogP contribution >= 0.6 is 11.8 Å². The first-order valence-electron chi connectivity index (χ1n) is 6.38. The van der Waals surface area contributed by atoms with Crippen molar-refractivity contribution in [2.75, 3.05) is 5.75 Å². The van der Waals surface area contributed by atoms with Gasteiger partial charge in [-0.25, -0.2) is 0 Å². The van der Waals surface area contributed by atoms with E-state index in [2.05, 4.69) is 10.2 Å². The average Bonchev–Trinajstić information content (AvgIpc) is 3.18. The number of carbonyl (C=O) groups is 1. The van der Waals surface area contributed by atoms with Crippen LogP contribution < -0.4 is 0 Å². The summed E-state index contributed by atoms with van der Waals surface area (Å²) in [6.07, 6.45) is 1.89. The standard InChI is InChI=1S/C13H13N3O4S/c17-8-2-1-3-9(18)11(8)12-14-15-13(21-6-10(19)20)16(12)7-4-5-7/h1-3,7,17-18H,4-6H2,(H,19,20). The van der Waals surface area contributed by atoms with Crippen molar-refractivity contribution in [3.8, 4) is 22.9 Å². The normalized spacial score (nSPS) is 14.3. The highest BCUT2D eigenvalue weighted by Crippen LogP contribution is 2.44. The molecule has 7 nitrogen and oxygen atoms in total. The van der Waals surface area contributed by atoms with Crippen LogP contribution in [0.5, 0.6) is 11.5 Å². The highest BCUT2D eigenvalue weighted by Gasteiger charge is 2.32. The predicted octanol–water partition coefficient (Wildman–Crippen LogP) is 1.87. The minimum absolute atomic E-state index is 0.0842. The molecule has 1 aliphatic carbocycles. The molecular weight excluding hydrogens is 294 g/mol. The fourth-order valence-corrected chi connectivity index (χ4v) is 2.82. The average molecular weight is 307 g/mol. The largest absolute Gasteiger partial charge is 0.507 e. The van der Waals surface area contributed by atoms with E-state index < -0.39 is 5.97 Å². The van der Waals surface area contributed by atoms with Crippen LogP contribution in [-0.4, -0.2) is 41.8 Å². The summed E-state index contributed by atoms with van der Waals surface area (Å²) in [5, 5.41) is 37.2. The third-order valence-electron chi connectivity index (χ3n) is 3.15. The van der Waals surface area contributed by atoms with Gasteiger partial charge in [0.05, 0.1) is 5.75 Å². The van der Waals surface area contributed by atoms with Gasteiger partial charge in [-0.15, -0.1) is 10.2 Å². The molecule has 0 bridgehead atoms. The van der Waals surface area contributed by atoms with E-state index in [0.29, 0.717) is 11.0 Å². The van der Waals surface area contributed by atoms with E-state index >= 15 is 0 Å². The van der Waals surface area contributed by atoms with Crippen molar-refractivity contribution in [3.05, 3.63) is 18.2 Å². The zero-order valence-corrected chi connectivity index (χ0v) is 11.7. The molecule has 1 heterocycles. The molecule has 0 unspecified atom stereocenters. The van der Waals surface area contributed by atoms with Gasteiger partial charge in [-0.05, 0) is 25.0 Å². The summed E-state index contributed by atoms with van der Waals surface area (Å²) in [4.78, 5) is 10.7. The Bertz CT molecular complexity index is 676. The van der Waals surface area contributed by atoms with Crippen LogP contribution in [0.15, 0.2) is 23.4 Å². The molecule has 3 rings (SSSR count). The molecule has 1 saturated carbocycles. The Morgan fingerprint density at radius 2 is 1.95 bits per heavy atom. The Morgan fingerprint density at radius 3 is 2.52 bits per heavy atom. The van der Waals surface area contributed by atoms with Gasteiger partial charge in [0, 0.05) is 6.04 Å². The first kappa shape index (κ1) is 13.7. The maximum absolute atomic E-state index is 10.7. The number of carboxylic acids is 1. The lowest BCUT2D eigenvalue weighted by Gasteiger charge is -2.10. The number of aromatic nitrogens is 3. The first-order valence-corrected chi connectivity index (χ1v) is 7.37. The summed E-state index contributed by atoms with van der Waals surface area (Å²) >= 11 is 1.08. The zero-order valence-electron chi connectivity index (χ0n) is 10.9. The molecule has 21 heavy (non-hydrogen) atoms. The molecule has 0 atom stereocenters. The lowest BCUT2D eigenvalue weighted by Crippen LogP contribution is -2.03. The lowest BCUT2D eigenvalue weighted by molar-refractivity contribution is -0.133. The van der Waals surface area contributed by atoms with Gasteiger partial charge in [0.2, 0.25) is 0 Å². The van der Waals surface area contributed by atoms with Gasteiger partial charge in [-0.2, -0.15) is 0 Å². The van der Waals surface area contributed by atoms with Gasteiger partial charge in [0.25, 0.3) is 0 Å². The fourth-order valence-electron chi connectivity index (χ4n) is 2.09. The minimum atomic E-state index is -0.933. The Morgan fingerprint density at radius 1 is 1.29 bits per heavy atom. The molecule has 0 aliphatic heterocycles. The van der Waals surface area contributed by atoms with Gasteiger partial charge in [-0.3, -0.25) is 9.36 Å². The van der Waals surface area contributed by atoms with Crippen LogP contribution in [0.1, 0.15) is 18.9 Å². The Labute approximate surface area is 124 Å². The number of hydrogen-bond acceptors (Lipinski definition) is 6. The number of rotatable bonds is 5. The summed E-state index contributed by atoms with van der Waals surface area (Å²) < 4.78 is 1.79. The molecule has 1 aromatic heterocycles. The van der Waals surface area contributed by atoms with Crippen molar-refractivity contribution in [1.29, 1.82) is 0 Å². The maximum atomic E-state index is 10.7. The van der Waals surface area contributed by atoms with Crippen LogP contribution in [0.3, 0.4) is 0 Å². The molecule has 2 aromatic rings. The summed E-state index contributed by atoms with van der Waals surface area (Å²) in [5.74, 6) is -0.853. The summed E-state index contributed by atoms with van der Waals surface area (Å²) in [7, 11) is 0. The number of aliphatic carboxylic acids is 1. The second kappa shape index (κ2) is 5.28. The van der Waals surface area contributed by atoms with Crippen molar-refractivity contribution in [2.45, 2.75) is 24.0 Å². The second-order valence-electron chi connectivity index (χ2n) is 4.76. The van der Waals surface area contributed by atoms with Gasteiger partial charge in [-0.1, -0.05) is 17.8 Å². The molecule has 0 spiro atoms. The van der Waals surface area contributed by atoms with E-state index in [0.717, 1.165) is 24.6 Å². The first-order chi connectivity index (χ1) is 10.1. The quantitative estimate of drug-likeness (QED) is 0.723. The second-order valence-corrected chi connectivity index (χ2v) is 5.70. The summed E-state index contributed by atoms with van der Waals surface area (Å²) in [6.45, 7) is 0. The number of phenolic OH excluding ortho intramolecular Hbond substituents is 2. The van der Waals surface area contributed by atoms with E-state index in [-0.39, 0.29) is 28.9 Å². The topological polar surface area (TPSA) is 108 Å². The van der Waals surface area contributed by atoms with Crippen molar-refractivity contribution in [2.24, 2.45) is 0 Å². The van der Waals surface area contributed by atoms with E-state index in [4.69, 9.17) is 5.11 Å². The van der Waals surface area contributed by atoms with Crippen LogP contribution in [0.25, 0.3) is 11.4 Å². The maximum Gasteiger partial charge on any atom is 0.313 e. The predicted molar refractivity (Wildman–Crippen MR) is 75.4 cm³/mol. The highest BCUT2D eigenvalue weighted by atomic mass is 32.2. The van der Waals surface area contributed by atoms with Gasteiger partial charge in [0.1, 0.15) is 17.1 Å². The van der Waals surface area contributed by atoms with Crippen LogP contribution in [0.2, 0.25) is 0 Å². The van der Waals surface area contributed by atoms with Gasteiger partial charge >= 0.3 is 5.97 Å². The number of hydrogen-bond donors (Lipinski definition) is 3. The lowest BCUT2D eigenvalue weighted by atomic mass is 10.1. The molecule has 3 N–H and O–H groups in total. The summed E-state index contributed by atoms with van der Waals surface area (Å²) in [5.41, 5.74) is 0.221. The number of benzene rings is 1. The molecular formula is C13H13N3O4S. The van der Waals surface area contributed by atoms with E-state index in [1.54, 1.807) is 4.57 Å². The smallest absolute Gasteiger partial charge is 0.313 e. The van der Waals surface area contributed by atoms with Gasteiger partial charge in [0.15, 0.2) is 11.0 Å². The number of aromatic hydroxyl groups is 2. The summed E-state index contributed by atoms with van der Waals surface area (Å²) in [6, 6.07) is 4.65. The molecule has 0 saturated heterocycles. The molecule has 0 radical (unpaired) electrons. The molecule has 8 heteroatoms. The molecule has 1 aliphatic rings. The number of phenols is 2. The van der Waals surface area contributed by atoms with Crippen molar-refractivity contribution < 1.29 is 20.1 Å². The molecule has 1 fully saturated rings. The molecule has 0 amide bonds. The van der Waals surface area contributed by atoms with Gasteiger partial charge < -0.3 is 15.3 Å². The zero-order chi connectivity index (χ0) is 15.0. The van der Waals surface area contributed by atoms with Crippen LogP contribution in [0, 0.1) is 0 Å². The van der Waals surface area contributed by atoms with Crippen molar-refractivity contribution in [3.63, 3.8) is 0 Å². The van der Waals surface area contributed by atoms with E-state index in [9.17, 15) is 15.0 Å². The fraction of sp³-hybridized carbons (Fsp3) is 0.308. The van der Waals surface area contributed by atoms with Crippen LogP contribution in [0.4, 0.5) is 0 Å². The number of thioether (sulfide) groups is 1. The monoisotopic (exact) mass is 307 g/mol. The number of nitrogens with zero attached hydrogens (tertiary/aromatic N) is 3. The van der Waals surface area contributed by atoms with Crippen molar-refractivity contribution in [1.82, 2.24) is 14.8 Å². The minimum Gasteiger partial charge on any atom is -0.507 e. The third-order valence-corrected chi connectivity index (χ3v) is 4.07.